The molecule has 2 atom stereocenters. The number of esters is 1. The van der Waals surface area contributed by atoms with Crippen LogP contribution in [-0.4, -0.2) is 60.3 Å². The molecule has 1 aliphatic carbocycles. The van der Waals surface area contributed by atoms with E-state index in [0.29, 0.717) is 0 Å². The molecular formula is C13H22F3NO6S. The number of ether oxygens (including phenoxy) is 1. The van der Waals surface area contributed by atoms with Crippen LogP contribution in [0.2, 0.25) is 0 Å². The number of nitrogens with one attached hydrogen (secondary N) is 1. The third-order valence-electron chi connectivity index (χ3n) is 3.86. The van der Waals surface area contributed by atoms with Crippen molar-refractivity contribution >= 4 is 16.1 Å². The Morgan fingerprint density at radius 2 is 1.83 bits per heavy atom. The van der Waals surface area contributed by atoms with Gasteiger partial charge in [-0.25, -0.2) is 4.79 Å². The van der Waals surface area contributed by atoms with Gasteiger partial charge in [-0.15, -0.1) is 0 Å². The predicted molar refractivity (Wildman–Crippen MR) is 77.9 cm³/mol. The molecule has 142 valence electrons. The van der Waals surface area contributed by atoms with Gasteiger partial charge < -0.3 is 15.2 Å². The standard InChI is InChI=1S/C13H22F3NO6S/c1-12(19,13(14,15)16)11(18)23-10(8-24(20,21)22)7-17-9-5-3-2-4-6-9/h9-10,17,19H,2-8H2,1H3,(H,20,21,22). The minimum Gasteiger partial charge on any atom is -0.457 e. The summed E-state index contributed by atoms with van der Waals surface area (Å²) in [7, 11) is -4.58. The van der Waals surface area contributed by atoms with Crippen LogP contribution in [0.15, 0.2) is 0 Å². The molecule has 1 rings (SSSR count). The molecule has 0 heterocycles. The molecule has 0 aliphatic heterocycles. The maximum Gasteiger partial charge on any atom is 0.427 e. The zero-order valence-electron chi connectivity index (χ0n) is 13.2. The van der Waals surface area contributed by atoms with Crippen LogP contribution in [0.3, 0.4) is 0 Å². The molecule has 0 radical (unpaired) electrons. The van der Waals surface area contributed by atoms with Crippen molar-refractivity contribution in [3.8, 4) is 0 Å². The average Bonchev–Trinajstić information content (AvgIpc) is 2.43. The summed E-state index contributed by atoms with van der Waals surface area (Å²) in [5.41, 5.74) is -3.77. The molecule has 11 heteroatoms. The molecule has 0 spiro atoms. The smallest absolute Gasteiger partial charge is 0.427 e. The molecule has 0 bridgehead atoms. The van der Waals surface area contributed by atoms with E-state index in [2.05, 4.69) is 10.1 Å². The lowest BCUT2D eigenvalue weighted by Crippen LogP contribution is -2.53. The summed E-state index contributed by atoms with van der Waals surface area (Å²) >= 11 is 0. The van der Waals surface area contributed by atoms with E-state index in [9.17, 15) is 31.5 Å². The van der Waals surface area contributed by atoms with Crippen LogP contribution < -0.4 is 5.32 Å². The Bertz CT molecular complexity index is 528. The van der Waals surface area contributed by atoms with Gasteiger partial charge in [0, 0.05) is 12.6 Å². The van der Waals surface area contributed by atoms with Crippen molar-refractivity contribution < 1.29 is 40.8 Å². The lowest BCUT2D eigenvalue weighted by atomic mass is 9.95. The van der Waals surface area contributed by atoms with Crippen molar-refractivity contribution in [2.75, 3.05) is 12.3 Å². The summed E-state index contributed by atoms with van der Waals surface area (Å²) < 4.78 is 73.2. The van der Waals surface area contributed by atoms with Gasteiger partial charge in [0.15, 0.2) is 0 Å². The van der Waals surface area contributed by atoms with E-state index >= 15 is 0 Å². The highest BCUT2D eigenvalue weighted by Gasteiger charge is 2.57. The van der Waals surface area contributed by atoms with Crippen LogP contribution in [0.5, 0.6) is 0 Å². The van der Waals surface area contributed by atoms with E-state index < -0.39 is 39.7 Å². The minimum atomic E-state index is -5.27. The molecule has 0 aromatic carbocycles. The number of rotatable bonds is 7. The van der Waals surface area contributed by atoms with Gasteiger partial charge in [-0.2, -0.15) is 21.6 Å². The first kappa shape index (κ1) is 21.1. The Morgan fingerprint density at radius 3 is 2.29 bits per heavy atom. The highest BCUT2D eigenvalue weighted by Crippen LogP contribution is 2.31. The van der Waals surface area contributed by atoms with Crippen molar-refractivity contribution in [2.45, 2.75) is 63.0 Å². The molecule has 1 aliphatic rings. The van der Waals surface area contributed by atoms with Gasteiger partial charge in [0.05, 0.1) is 0 Å². The van der Waals surface area contributed by atoms with Gasteiger partial charge in [-0.1, -0.05) is 19.3 Å². The Balaban J connectivity index is 2.73. The van der Waals surface area contributed by atoms with E-state index in [1.165, 1.54) is 0 Å². The van der Waals surface area contributed by atoms with Crippen LogP contribution in [0.25, 0.3) is 0 Å². The first-order valence-corrected chi connectivity index (χ1v) is 9.12. The molecular weight excluding hydrogens is 355 g/mol. The van der Waals surface area contributed by atoms with E-state index in [4.69, 9.17) is 4.55 Å². The minimum absolute atomic E-state index is 0.0319. The molecule has 0 aromatic heterocycles. The summed E-state index contributed by atoms with van der Waals surface area (Å²) in [6.07, 6.45) is -2.21. The molecule has 2 unspecified atom stereocenters. The number of halogens is 3. The number of hydrogen-bond acceptors (Lipinski definition) is 6. The first-order chi connectivity index (χ1) is 10.8. The van der Waals surface area contributed by atoms with Crippen molar-refractivity contribution in [1.82, 2.24) is 5.32 Å². The SMILES string of the molecule is CC(O)(C(=O)OC(CNC1CCCCC1)CS(=O)(=O)O)C(F)(F)F. The molecule has 0 aromatic rings. The third kappa shape index (κ3) is 6.54. The Labute approximate surface area is 138 Å². The highest BCUT2D eigenvalue weighted by atomic mass is 32.2. The van der Waals surface area contributed by atoms with Crippen LogP contribution in [0.1, 0.15) is 39.0 Å². The van der Waals surface area contributed by atoms with E-state index in [0.717, 1.165) is 32.1 Å². The van der Waals surface area contributed by atoms with Gasteiger partial charge in [0.25, 0.3) is 15.7 Å². The van der Waals surface area contributed by atoms with Crippen molar-refractivity contribution in [3.05, 3.63) is 0 Å². The summed E-state index contributed by atoms with van der Waals surface area (Å²) in [5, 5.41) is 12.2. The second-order valence-electron chi connectivity index (χ2n) is 6.09. The predicted octanol–water partition coefficient (Wildman–Crippen LogP) is 1.02. The van der Waals surface area contributed by atoms with Crippen LogP contribution in [-0.2, 0) is 19.6 Å². The number of hydrogen-bond donors (Lipinski definition) is 3. The van der Waals surface area contributed by atoms with Gasteiger partial charge >= 0.3 is 12.1 Å². The summed E-state index contributed by atoms with van der Waals surface area (Å²) in [6, 6.07) is 0.0319. The summed E-state index contributed by atoms with van der Waals surface area (Å²) in [5.74, 6) is -3.08. The fourth-order valence-electron chi connectivity index (χ4n) is 2.36. The molecule has 0 saturated heterocycles. The van der Waals surface area contributed by atoms with Gasteiger partial charge in [0.2, 0.25) is 0 Å². The Morgan fingerprint density at radius 1 is 1.29 bits per heavy atom. The molecule has 7 nitrogen and oxygen atoms in total. The molecule has 1 fully saturated rings. The normalized spacial score (nSPS) is 21.1. The van der Waals surface area contributed by atoms with Crippen LogP contribution in [0.4, 0.5) is 13.2 Å². The summed E-state index contributed by atoms with van der Waals surface area (Å²) in [4.78, 5) is 11.6. The van der Waals surface area contributed by atoms with Crippen LogP contribution >= 0.6 is 0 Å². The fourth-order valence-corrected chi connectivity index (χ4v) is 3.01. The quantitative estimate of drug-likeness (QED) is 0.448. The number of aliphatic hydroxyl groups is 1. The lowest BCUT2D eigenvalue weighted by molar-refractivity contribution is -0.258. The second kappa shape index (κ2) is 7.98. The zero-order valence-corrected chi connectivity index (χ0v) is 14.0. The first-order valence-electron chi connectivity index (χ1n) is 7.51. The van der Waals surface area contributed by atoms with Gasteiger partial charge in [-0.3, -0.25) is 4.55 Å². The third-order valence-corrected chi connectivity index (χ3v) is 4.65. The van der Waals surface area contributed by atoms with Crippen molar-refractivity contribution in [3.63, 3.8) is 0 Å². The number of carbonyl (C=O) groups excluding carboxylic acids is 1. The molecule has 24 heavy (non-hydrogen) atoms. The molecule has 3 N–H and O–H groups in total. The second-order valence-corrected chi connectivity index (χ2v) is 7.59. The molecule has 0 amide bonds. The van der Waals surface area contributed by atoms with E-state index in [-0.39, 0.29) is 19.5 Å². The Hall–Kier alpha value is -0.910. The Kier molecular flexibility index (Phi) is 7.03. The van der Waals surface area contributed by atoms with E-state index in [1.807, 2.05) is 0 Å². The van der Waals surface area contributed by atoms with Crippen LogP contribution in [0, 0.1) is 0 Å². The zero-order chi connectivity index (χ0) is 18.6. The maximum absolute atomic E-state index is 12.6. The van der Waals surface area contributed by atoms with E-state index in [1.54, 1.807) is 0 Å². The van der Waals surface area contributed by atoms with Gasteiger partial charge in [-0.05, 0) is 19.8 Å². The fraction of sp³-hybridized carbons (Fsp3) is 0.923. The molecule has 1 saturated carbocycles. The van der Waals surface area contributed by atoms with Crippen molar-refractivity contribution in [2.24, 2.45) is 0 Å². The largest absolute Gasteiger partial charge is 0.457 e. The number of alkyl halides is 3. The summed E-state index contributed by atoms with van der Waals surface area (Å²) in [6.45, 7) is -0.0292. The average molecular weight is 377 g/mol. The lowest BCUT2D eigenvalue weighted by Gasteiger charge is -2.28. The van der Waals surface area contributed by atoms with Gasteiger partial charge in [0.1, 0.15) is 11.9 Å². The van der Waals surface area contributed by atoms with Crippen molar-refractivity contribution in [1.29, 1.82) is 0 Å². The number of carbonyl (C=O) groups is 1. The maximum atomic E-state index is 12.6. The topological polar surface area (TPSA) is 113 Å². The monoisotopic (exact) mass is 377 g/mol. The highest BCUT2D eigenvalue weighted by molar-refractivity contribution is 7.85.